The molecule has 101 heteroatoms. The molecule has 1 nitrogen and oxygen atoms in total. The van der Waals surface area contributed by atoms with Crippen molar-refractivity contribution >= 4 is 904 Å². The average Bonchev–Trinajstić information content (AvgIpc) is 1.58. The number of benzene rings is 4. The Morgan fingerprint density at radius 2 is 0.312 bits per heavy atom. The number of fused-ring (bicyclic) bond motifs is 3. The van der Waals surface area contributed by atoms with Gasteiger partial charge in [0.15, 0.2) is 0 Å². The molecule has 0 saturated heterocycles. The van der Waals surface area contributed by atoms with Gasteiger partial charge in [-0.25, -0.2) is 0 Å². The van der Waals surface area contributed by atoms with Crippen LogP contribution in [0.15, 0.2) is 97.1 Å². The van der Waals surface area contributed by atoms with Crippen LogP contribution in [0.25, 0.3) is 22.3 Å². The van der Waals surface area contributed by atoms with Crippen LogP contribution in [0.5, 0.6) is 0 Å². The summed E-state index contributed by atoms with van der Waals surface area (Å²) < 4.78 is 0. The average molecular weight is 3570 g/mol. The predicted molar refractivity (Wildman–Crippen MR) is 856 cm³/mol. The number of hydrogen-bond acceptors (Lipinski definition) is 3. The first-order chi connectivity index (χ1) is 63.5. The molecule has 0 fully saturated rings. The van der Waals surface area contributed by atoms with Crippen molar-refractivity contribution in [3.8, 4) is 22.3 Å². The molecule has 736 valence electrons. The van der Waals surface area contributed by atoms with Gasteiger partial charge in [0.1, 0.15) is 0 Å². The highest BCUT2D eigenvalue weighted by atomic mass is 33.6. The van der Waals surface area contributed by atoms with E-state index in [1.165, 1.54) is 51.1 Å². The first-order valence-electron chi connectivity index (χ1n) is 26.3. The molecular formula is C27H23NS100. The quantitative estimate of drug-likeness (QED) is 0.234. The number of hydrogen-bond donors (Lipinski definition) is 1. The van der Waals surface area contributed by atoms with Crippen LogP contribution in [0.4, 0.5) is 11.4 Å². The lowest BCUT2D eigenvalue weighted by molar-refractivity contribution is 0.660. The second kappa shape index (κ2) is 114. The monoisotopic (exact) mass is 3560 g/mol. The van der Waals surface area contributed by atoms with E-state index in [-0.39, 0.29) is 5.41 Å². The van der Waals surface area contributed by atoms with Crippen molar-refractivity contribution in [2.75, 3.05) is 5.32 Å². The van der Waals surface area contributed by atoms with Crippen LogP contribution in [0, 0.1) is 0 Å². The van der Waals surface area contributed by atoms with E-state index in [0.717, 1.165) is 11.4 Å². The molecule has 0 atom stereocenters. The van der Waals surface area contributed by atoms with Gasteiger partial charge in [0.2, 0.25) is 0 Å². The Morgan fingerprint density at radius 1 is 0.156 bits per heavy atom. The molecule has 0 aromatic heterocycles. The first-order valence-corrected chi connectivity index (χ1v) is 158. The maximum absolute atomic E-state index is 4.83. The molecule has 0 aliphatic heterocycles. The number of anilines is 2. The molecule has 0 unspecified atom stereocenters. The van der Waals surface area contributed by atoms with Gasteiger partial charge in [-0.2, -0.15) is 0 Å². The van der Waals surface area contributed by atoms with Crippen LogP contribution >= 0.6 is 0 Å². The lowest BCUT2D eigenvalue weighted by atomic mass is 9.82. The van der Waals surface area contributed by atoms with Crippen molar-refractivity contribution in [3.63, 3.8) is 0 Å². The van der Waals surface area contributed by atoms with Crippen molar-refractivity contribution in [1.82, 2.24) is 0 Å². The van der Waals surface area contributed by atoms with Gasteiger partial charge in [-0.15, -0.1) is 0 Å². The first kappa shape index (κ1) is 139. The molecule has 0 amide bonds. The highest BCUT2D eigenvalue weighted by Gasteiger charge is 2.35. The Hall–Kier alpha value is 18.7. The van der Waals surface area contributed by atoms with E-state index >= 15 is 0 Å². The normalized spacial score (nSPS) is 9.14. The highest BCUT2D eigenvalue weighted by molar-refractivity contribution is 8.87. The molecule has 0 spiro atoms. The molecule has 0 heterocycles. The summed E-state index contributed by atoms with van der Waals surface area (Å²) in [6.07, 6.45) is 0. The Labute approximate surface area is 1030 Å². The summed E-state index contributed by atoms with van der Waals surface area (Å²) in [5.74, 6) is 0. The smallest absolute Gasteiger partial charge is 0.0387 e. The van der Waals surface area contributed by atoms with Crippen molar-refractivity contribution < 1.29 is 0 Å². The van der Waals surface area contributed by atoms with Crippen LogP contribution in [0.2, 0.25) is 0 Å². The standard InChI is InChI=1S/C27H23N.S100/c1-27(2)25-11-7-6-10-23(25)24-17-16-22(18-26(24)27)28-21-14-12-20(13-15-21)19-8-4-3-5-9-19;1-3-5-7-9-11-13-15-17-19-21-23-25-27-29-31-33-35-37-39-41-43-45-47-49-51-53-55-57-59-61-63-65-67-69-71-73-75-77-79-81-83-85-87-89-91-93-95-97-99-100-98-96-94-92-90-88-86-84-82-80-78-76-74-72-70-68-66-64-62-60-58-56-54-52-50-48-46-44-42-40-38-36-34-32-30-28-26-24-22-20-18-16-14-12-10-8-6-4-2/h3-18,28H,1-2H3;. The van der Waals surface area contributed by atoms with Crippen molar-refractivity contribution in [3.05, 3.63) is 108 Å². The Kier molecular flexibility index (Phi) is 124. The van der Waals surface area contributed by atoms with E-state index in [1.807, 2.05) is 752 Å². The zero-order valence-electron chi connectivity index (χ0n) is 57.1. The fourth-order valence-corrected chi connectivity index (χ4v) is 269. The van der Waals surface area contributed by atoms with Crippen LogP contribution < -0.4 is 5.32 Å². The SMILES string of the molecule is CC1(C)c2ccccc2-c2ccc(Nc3ccc(-c4ccccc4)cc3)cc21.S=S=S=S=S=S=S=S=S=S=S=S=S=S=S=S=S=S=S=S=S=S=S=S=S=S=S=S=S=S=S=S=S=S=S=S=S=S=S=S=S=S=S=S=S=S=S=S=S=S=S=S=S=S=S=S=S=S=S=S=S=S=S=S=S=S=S=S=S=S=S=S=S=S=S=S=S=S=S=S=S=S=S=S=S=S=S=S=S=S=S=S=S=S=S=S=S=S=S=S. The zero-order valence-corrected chi connectivity index (χ0v) is 139. The lowest BCUT2D eigenvalue weighted by Crippen LogP contribution is -2.15. The summed E-state index contributed by atoms with van der Waals surface area (Å²) in [6, 6.07) is 34.6. The molecule has 1 N–H and O–H groups in total. The molecule has 4 aromatic carbocycles. The lowest BCUT2D eigenvalue weighted by Gasteiger charge is -2.22. The van der Waals surface area contributed by atoms with Gasteiger partial charge >= 0.3 is 0 Å². The van der Waals surface area contributed by atoms with Gasteiger partial charge in [0, 0.05) is 909 Å². The molecular weight excluding hydrogens is 3550 g/mol. The largest absolute Gasteiger partial charge is 0.356 e. The Morgan fingerprint density at radius 3 is 0.508 bits per heavy atom. The third kappa shape index (κ3) is 90.5. The Bertz CT molecular complexity index is 9480. The van der Waals surface area contributed by atoms with Gasteiger partial charge in [-0.1, -0.05) is 86.6 Å². The van der Waals surface area contributed by atoms with Gasteiger partial charge in [-0.3, -0.25) is 0 Å². The maximum atomic E-state index is 4.83. The minimum Gasteiger partial charge on any atom is -0.356 e. The van der Waals surface area contributed by atoms with Crippen LogP contribution in [-0.2, 0) is 898 Å². The second-order valence-electron chi connectivity index (χ2n) is 14.7. The molecule has 1 aliphatic rings. The van der Waals surface area contributed by atoms with E-state index in [4.69, 9.17) is 22.4 Å². The summed E-state index contributed by atoms with van der Waals surface area (Å²) in [4.78, 5) is 0. The third-order valence-electron chi connectivity index (χ3n) is 8.56. The summed E-state index contributed by atoms with van der Waals surface area (Å²) in [5, 5.41) is 3.58. The predicted octanol–water partition coefficient (Wildman–Crippen LogP) is 7.16. The van der Waals surface area contributed by atoms with Crippen molar-refractivity contribution in [2.24, 2.45) is 0 Å². The van der Waals surface area contributed by atoms with E-state index in [1.54, 1.807) is 107 Å². The van der Waals surface area contributed by atoms with Crippen molar-refractivity contribution in [2.45, 2.75) is 19.3 Å². The van der Waals surface area contributed by atoms with E-state index in [2.05, 4.69) is 110 Å². The Balaban J connectivity index is 0.00000101. The molecule has 1 aliphatic carbocycles. The fraction of sp³-hybridized carbons (Fsp3) is 0.111. The summed E-state index contributed by atoms with van der Waals surface area (Å²) >= 11 is 9.66. The number of nitrogens with one attached hydrogen (secondary N) is 1. The maximum Gasteiger partial charge on any atom is 0.0387 e. The van der Waals surface area contributed by atoms with Gasteiger partial charge < -0.3 is 5.32 Å². The van der Waals surface area contributed by atoms with Gasteiger partial charge in [0.05, 0.1) is 0 Å². The topological polar surface area (TPSA) is 12.0 Å². The molecule has 0 bridgehead atoms. The van der Waals surface area contributed by atoms with Crippen LogP contribution in [-0.4, -0.2) is 0 Å². The summed E-state index contributed by atoms with van der Waals surface area (Å²) in [5.41, 5.74) is 10.3. The van der Waals surface area contributed by atoms with Gasteiger partial charge in [-0.05, 0) is 57.6 Å². The summed E-state index contributed by atoms with van der Waals surface area (Å²) in [6.45, 7) is 4.63. The highest BCUT2D eigenvalue weighted by Crippen LogP contribution is 2.49. The summed E-state index contributed by atoms with van der Waals surface area (Å²) in [7, 11) is 177. The van der Waals surface area contributed by atoms with Crippen LogP contribution in [0.3, 0.4) is 0 Å². The van der Waals surface area contributed by atoms with E-state index < -0.39 is 0 Å². The van der Waals surface area contributed by atoms with Gasteiger partial charge in [0.25, 0.3) is 0 Å². The number of rotatable bonds is 3. The minimum atomic E-state index is 0.0286. The molecule has 128 heavy (non-hydrogen) atoms. The third-order valence-corrected chi connectivity index (χ3v) is 224. The molecule has 4 aromatic rings. The zero-order chi connectivity index (χ0) is 90.4. The molecule has 0 saturated carbocycles. The molecule has 5 rings (SSSR count). The molecule has 0 radical (unpaired) electrons. The second-order valence-corrected chi connectivity index (χ2v) is 188. The fourth-order valence-electron chi connectivity index (χ4n) is 5.41. The van der Waals surface area contributed by atoms with Crippen molar-refractivity contribution in [1.29, 1.82) is 0 Å². The van der Waals surface area contributed by atoms with Crippen LogP contribution in [0.1, 0.15) is 25.0 Å². The van der Waals surface area contributed by atoms with E-state index in [9.17, 15) is 0 Å². The minimum absolute atomic E-state index is 0.0286. The van der Waals surface area contributed by atoms with E-state index in [0.29, 0.717) is 0 Å².